The van der Waals surface area contributed by atoms with Gasteiger partial charge in [-0.05, 0) is 91.5 Å². The number of imide groups is 2. The number of carbonyl (C=O) groups excluding carboxylic acids is 5. The molecule has 7 atom stereocenters. The highest BCUT2D eigenvalue weighted by Crippen LogP contribution is 2.53. The van der Waals surface area contributed by atoms with Gasteiger partial charge in [0.15, 0.2) is 0 Å². The Bertz CT molecular complexity index is 1720. The molecule has 0 spiro atoms. The summed E-state index contributed by atoms with van der Waals surface area (Å²) in [4.78, 5) is 68.8. The Kier molecular flexibility index (Phi) is 6.15. The van der Waals surface area contributed by atoms with Crippen LogP contribution in [0.4, 0.5) is 11.4 Å². The van der Waals surface area contributed by atoms with Gasteiger partial charge >= 0.3 is 5.97 Å². The van der Waals surface area contributed by atoms with E-state index in [2.05, 4.69) is 24.3 Å². The van der Waals surface area contributed by atoms with E-state index < -0.39 is 5.97 Å². The lowest BCUT2D eigenvalue weighted by Crippen LogP contribution is -2.32. The Morgan fingerprint density at radius 1 is 0.636 bits per heavy atom. The van der Waals surface area contributed by atoms with E-state index in [-0.39, 0.29) is 76.4 Å². The average Bonchev–Trinajstić information content (AvgIpc) is 3.80. The molecule has 2 saturated heterocycles. The highest BCUT2D eigenvalue weighted by atomic mass is 16.5. The van der Waals surface area contributed by atoms with Crippen LogP contribution < -0.4 is 14.5 Å². The molecule has 2 aliphatic heterocycles. The number of ether oxygens (including phenoxy) is 1. The van der Waals surface area contributed by atoms with Gasteiger partial charge in [-0.2, -0.15) is 0 Å². The van der Waals surface area contributed by atoms with Crippen molar-refractivity contribution >= 4 is 41.0 Å². The van der Waals surface area contributed by atoms with E-state index in [1.807, 2.05) is 18.2 Å². The topological polar surface area (TPSA) is 101 Å². The van der Waals surface area contributed by atoms with Crippen molar-refractivity contribution in [2.24, 2.45) is 35.5 Å². The minimum Gasteiger partial charge on any atom is -0.423 e. The fraction of sp³-hybridized carbons (Fsp3) is 0.306. The molecular formula is C36H30N2O6. The van der Waals surface area contributed by atoms with E-state index in [1.165, 1.54) is 21.4 Å². The van der Waals surface area contributed by atoms with Crippen LogP contribution >= 0.6 is 0 Å². The van der Waals surface area contributed by atoms with Crippen LogP contribution in [0.3, 0.4) is 0 Å². The Morgan fingerprint density at radius 3 is 2.00 bits per heavy atom. The van der Waals surface area contributed by atoms with E-state index in [1.54, 1.807) is 42.5 Å². The predicted molar refractivity (Wildman–Crippen MR) is 161 cm³/mol. The molecule has 3 aromatic carbocycles. The van der Waals surface area contributed by atoms with Crippen molar-refractivity contribution in [2.45, 2.75) is 31.6 Å². The van der Waals surface area contributed by atoms with Crippen LogP contribution in [0.5, 0.6) is 5.75 Å². The Morgan fingerprint density at radius 2 is 1.30 bits per heavy atom. The Balaban J connectivity index is 0.959. The van der Waals surface area contributed by atoms with Crippen LogP contribution in [-0.4, -0.2) is 29.6 Å². The van der Waals surface area contributed by atoms with Gasteiger partial charge in [0.2, 0.25) is 23.6 Å². The standard InChI is InChI=1S/C36H30N2O6/c39-32-28-16-11-21(20-5-2-1-3-6-20)19-29(28)33(40)38(32)26-8-4-7-24(18-26)36(43)44-27-14-12-25(13-15-27)37-34(41)30-22-9-10-23(17-22)31(30)35(37)42/h1-10,12-15,18,21-23,28-31H,11,16-17,19H2/t21-,22+,23+,28-,29+,30-,31+/m1/s1. The normalized spacial score (nSPS) is 30.2. The van der Waals surface area contributed by atoms with E-state index >= 15 is 0 Å². The molecule has 3 aromatic rings. The van der Waals surface area contributed by atoms with Gasteiger partial charge in [-0.25, -0.2) is 4.79 Å². The number of nitrogens with zero attached hydrogens (tertiary/aromatic N) is 2. The number of anilines is 2. The quantitative estimate of drug-likeness (QED) is 0.174. The van der Waals surface area contributed by atoms with Crippen LogP contribution in [0.15, 0.2) is 91.0 Å². The zero-order valence-corrected chi connectivity index (χ0v) is 23.9. The fourth-order valence-electron chi connectivity index (χ4n) is 8.22. The molecular weight excluding hydrogens is 556 g/mol. The number of hydrogen-bond acceptors (Lipinski definition) is 6. The molecule has 0 aromatic heterocycles. The average molecular weight is 587 g/mol. The molecule has 8 heteroatoms. The maximum Gasteiger partial charge on any atom is 0.343 e. The molecule has 44 heavy (non-hydrogen) atoms. The first-order chi connectivity index (χ1) is 21.4. The van der Waals surface area contributed by atoms with Crippen LogP contribution in [0.1, 0.15) is 47.5 Å². The molecule has 8 rings (SSSR count). The SMILES string of the molecule is O=C(Oc1ccc(N2C(=O)[C@@H]3[C@H](C2=O)[C@H]2C=C[C@H]3C2)cc1)c1cccc(N2C(=O)[C@H]3C[C@H](c4ccccc4)CC[C@H]3C2=O)c1. The number of esters is 1. The number of rotatable bonds is 5. The predicted octanol–water partition coefficient (Wildman–Crippen LogP) is 5.29. The highest BCUT2D eigenvalue weighted by Gasteiger charge is 2.59. The monoisotopic (exact) mass is 586 g/mol. The molecule has 220 valence electrons. The van der Waals surface area contributed by atoms with Crippen LogP contribution in [0, 0.1) is 35.5 Å². The lowest BCUT2D eigenvalue weighted by molar-refractivity contribution is -0.124. The van der Waals surface area contributed by atoms with Crippen molar-refractivity contribution < 1.29 is 28.7 Å². The summed E-state index contributed by atoms with van der Waals surface area (Å²) in [5, 5.41) is 0. The van der Waals surface area contributed by atoms with Crippen molar-refractivity contribution in [1.29, 1.82) is 0 Å². The third-order valence-electron chi connectivity index (χ3n) is 10.3. The molecule has 4 amide bonds. The number of carbonyl (C=O) groups is 5. The van der Waals surface area contributed by atoms with Crippen molar-refractivity contribution in [2.75, 3.05) is 9.80 Å². The van der Waals surface area contributed by atoms with Gasteiger partial charge in [-0.3, -0.25) is 29.0 Å². The summed E-state index contributed by atoms with van der Waals surface area (Å²) >= 11 is 0. The number of amides is 4. The molecule has 0 N–H and O–H groups in total. The molecule has 3 aliphatic carbocycles. The third kappa shape index (κ3) is 4.08. The molecule has 0 unspecified atom stereocenters. The molecule has 0 radical (unpaired) electrons. The Labute approximate surface area is 254 Å². The van der Waals surface area contributed by atoms with E-state index in [4.69, 9.17) is 4.74 Å². The summed E-state index contributed by atoms with van der Waals surface area (Å²) in [7, 11) is 0. The first-order valence-electron chi connectivity index (χ1n) is 15.3. The van der Waals surface area contributed by atoms with Gasteiger partial charge in [-0.1, -0.05) is 48.6 Å². The van der Waals surface area contributed by atoms with Crippen LogP contribution in [-0.2, 0) is 19.2 Å². The van der Waals surface area contributed by atoms with Gasteiger partial charge in [-0.15, -0.1) is 0 Å². The van der Waals surface area contributed by atoms with Crippen molar-refractivity contribution in [3.63, 3.8) is 0 Å². The van der Waals surface area contributed by atoms with Gasteiger partial charge in [0, 0.05) is 0 Å². The second-order valence-corrected chi connectivity index (χ2v) is 12.6. The molecule has 2 bridgehead atoms. The first-order valence-corrected chi connectivity index (χ1v) is 15.3. The van der Waals surface area contributed by atoms with E-state index in [0.29, 0.717) is 24.2 Å². The first kappa shape index (κ1) is 26.8. The van der Waals surface area contributed by atoms with Crippen molar-refractivity contribution in [1.82, 2.24) is 0 Å². The lowest BCUT2D eigenvalue weighted by Gasteiger charge is -2.28. The summed E-state index contributed by atoms with van der Waals surface area (Å²) in [5.41, 5.74) is 2.20. The zero-order chi connectivity index (χ0) is 30.1. The smallest absolute Gasteiger partial charge is 0.343 e. The fourth-order valence-corrected chi connectivity index (χ4v) is 8.22. The van der Waals surface area contributed by atoms with Crippen LogP contribution in [0.2, 0.25) is 0 Å². The van der Waals surface area contributed by atoms with Crippen LogP contribution in [0.25, 0.3) is 0 Å². The number of hydrogen-bond donors (Lipinski definition) is 0. The lowest BCUT2D eigenvalue weighted by atomic mass is 9.73. The number of allylic oxidation sites excluding steroid dienone is 2. The molecule has 4 fully saturated rings. The largest absolute Gasteiger partial charge is 0.423 e. The van der Waals surface area contributed by atoms with Crippen molar-refractivity contribution in [3.8, 4) is 5.75 Å². The second-order valence-electron chi connectivity index (χ2n) is 12.6. The summed E-state index contributed by atoms with van der Waals surface area (Å²) in [6, 6.07) is 22.8. The Hall–Kier alpha value is -4.85. The third-order valence-corrected chi connectivity index (χ3v) is 10.3. The molecule has 8 nitrogen and oxygen atoms in total. The maximum absolute atomic E-state index is 13.5. The molecule has 2 saturated carbocycles. The highest BCUT2D eigenvalue weighted by molar-refractivity contribution is 6.23. The van der Waals surface area contributed by atoms with Gasteiger partial charge < -0.3 is 4.74 Å². The second kappa shape index (κ2) is 10.1. The summed E-state index contributed by atoms with van der Waals surface area (Å²) in [5.74, 6) is -1.98. The molecule has 2 heterocycles. The maximum atomic E-state index is 13.5. The summed E-state index contributed by atoms with van der Waals surface area (Å²) in [6.45, 7) is 0. The van der Waals surface area contributed by atoms with E-state index in [9.17, 15) is 24.0 Å². The molecule has 5 aliphatic rings. The van der Waals surface area contributed by atoms with E-state index in [0.717, 1.165) is 12.8 Å². The van der Waals surface area contributed by atoms with Crippen molar-refractivity contribution in [3.05, 3.63) is 102 Å². The summed E-state index contributed by atoms with van der Waals surface area (Å²) in [6.07, 6.45) is 7.11. The van der Waals surface area contributed by atoms with Gasteiger partial charge in [0.05, 0.1) is 40.6 Å². The number of benzene rings is 3. The zero-order valence-electron chi connectivity index (χ0n) is 23.9. The summed E-state index contributed by atoms with van der Waals surface area (Å²) < 4.78 is 5.59. The van der Waals surface area contributed by atoms with Gasteiger partial charge in [0.25, 0.3) is 0 Å². The number of fused-ring (bicyclic) bond motifs is 6. The minimum absolute atomic E-state index is 0.129. The van der Waals surface area contributed by atoms with Gasteiger partial charge in [0.1, 0.15) is 5.75 Å². The minimum atomic E-state index is -0.647.